The van der Waals surface area contributed by atoms with Crippen LogP contribution in [0.25, 0.3) is 0 Å². The Hall–Kier alpha value is -2.21. The second-order valence-electron chi connectivity index (χ2n) is 3.27. The van der Waals surface area contributed by atoms with Crippen molar-refractivity contribution >= 4 is 17.3 Å². The van der Waals surface area contributed by atoms with Crippen molar-refractivity contribution in [3.8, 4) is 11.6 Å². The van der Waals surface area contributed by atoms with E-state index in [2.05, 4.69) is 4.98 Å². The zero-order valence-corrected chi connectivity index (χ0v) is 9.60. The first-order chi connectivity index (χ1) is 8.56. The number of nitrogens with zero attached hydrogens (tertiary/aromatic N) is 2. The Morgan fingerprint density at radius 1 is 1.33 bits per heavy atom. The van der Waals surface area contributed by atoms with Crippen molar-refractivity contribution in [3.05, 3.63) is 57.5 Å². The fraction of sp³-hybridized carbons (Fsp3) is 0. The fourth-order valence-corrected chi connectivity index (χ4v) is 1.44. The maximum atomic E-state index is 12.8. The summed E-state index contributed by atoms with van der Waals surface area (Å²) < 4.78 is 18.0. The molecule has 0 aliphatic carbocycles. The number of pyridine rings is 1. The molecular formula is C11H6ClFN2O3. The van der Waals surface area contributed by atoms with Gasteiger partial charge in [0.2, 0.25) is 17.6 Å². The molecule has 0 spiro atoms. The smallest absolute Gasteiger partial charge is 0.313 e. The van der Waals surface area contributed by atoms with Crippen LogP contribution < -0.4 is 4.74 Å². The van der Waals surface area contributed by atoms with Gasteiger partial charge in [-0.15, -0.1) is 0 Å². The Bertz CT molecular complexity index is 607. The largest absolute Gasteiger partial charge is 0.432 e. The maximum Gasteiger partial charge on any atom is 0.313 e. The summed E-state index contributed by atoms with van der Waals surface area (Å²) in [7, 11) is 0. The van der Waals surface area contributed by atoms with E-state index in [1.807, 2.05) is 0 Å². The van der Waals surface area contributed by atoms with Gasteiger partial charge in [0.25, 0.3) is 0 Å². The predicted molar refractivity (Wildman–Crippen MR) is 62.4 cm³/mol. The molecule has 1 aromatic heterocycles. The molecule has 5 nitrogen and oxygen atoms in total. The molecule has 0 fully saturated rings. The topological polar surface area (TPSA) is 65.3 Å². The van der Waals surface area contributed by atoms with Gasteiger partial charge in [-0.05, 0) is 18.2 Å². The lowest BCUT2D eigenvalue weighted by atomic mass is 10.3. The summed E-state index contributed by atoms with van der Waals surface area (Å²) in [6.07, 6.45) is 0. The van der Waals surface area contributed by atoms with Gasteiger partial charge in [0.1, 0.15) is 0 Å². The van der Waals surface area contributed by atoms with E-state index in [9.17, 15) is 14.5 Å². The summed E-state index contributed by atoms with van der Waals surface area (Å²) in [6.45, 7) is 0. The number of halogens is 2. The van der Waals surface area contributed by atoms with Crippen LogP contribution in [0.15, 0.2) is 36.4 Å². The highest BCUT2D eigenvalue weighted by molar-refractivity contribution is 6.30. The first-order valence-electron chi connectivity index (χ1n) is 4.80. The Labute approximate surface area is 106 Å². The van der Waals surface area contributed by atoms with Gasteiger partial charge in [0.05, 0.1) is 4.92 Å². The van der Waals surface area contributed by atoms with Gasteiger partial charge in [0.15, 0.2) is 0 Å². The molecule has 0 aliphatic heterocycles. The number of hydrogen-bond acceptors (Lipinski definition) is 4. The molecule has 2 aromatic rings. The number of nitro benzene ring substituents is 1. The molecule has 0 aliphatic rings. The molecule has 0 atom stereocenters. The first kappa shape index (κ1) is 12.3. The molecule has 0 bridgehead atoms. The highest BCUT2D eigenvalue weighted by Gasteiger charge is 2.16. The first-order valence-corrected chi connectivity index (χ1v) is 5.18. The third-order valence-corrected chi connectivity index (χ3v) is 2.26. The molecule has 0 N–H and O–H groups in total. The summed E-state index contributed by atoms with van der Waals surface area (Å²) in [4.78, 5) is 13.6. The minimum Gasteiger partial charge on any atom is -0.432 e. The van der Waals surface area contributed by atoms with E-state index in [-0.39, 0.29) is 22.3 Å². The van der Waals surface area contributed by atoms with E-state index in [4.69, 9.17) is 16.3 Å². The van der Waals surface area contributed by atoms with E-state index in [1.54, 1.807) is 0 Å². The van der Waals surface area contributed by atoms with Crippen molar-refractivity contribution in [1.29, 1.82) is 0 Å². The second-order valence-corrected chi connectivity index (χ2v) is 3.71. The van der Waals surface area contributed by atoms with Crippen molar-refractivity contribution in [2.45, 2.75) is 0 Å². The molecule has 0 saturated heterocycles. The Balaban J connectivity index is 2.37. The monoisotopic (exact) mass is 268 g/mol. The molecule has 92 valence electrons. The lowest BCUT2D eigenvalue weighted by molar-refractivity contribution is -0.385. The quantitative estimate of drug-likeness (QED) is 0.485. The number of ether oxygens (including phenoxy) is 1. The number of hydrogen-bond donors (Lipinski definition) is 0. The maximum absolute atomic E-state index is 12.8. The van der Waals surface area contributed by atoms with Crippen LogP contribution in [0.3, 0.4) is 0 Å². The van der Waals surface area contributed by atoms with E-state index in [1.165, 1.54) is 24.3 Å². The van der Waals surface area contributed by atoms with Crippen LogP contribution in [-0.2, 0) is 0 Å². The van der Waals surface area contributed by atoms with Crippen LogP contribution in [0, 0.1) is 16.1 Å². The predicted octanol–water partition coefficient (Wildman–Crippen LogP) is 3.57. The Morgan fingerprint density at radius 3 is 2.78 bits per heavy atom. The van der Waals surface area contributed by atoms with Gasteiger partial charge in [-0.25, -0.2) is 0 Å². The van der Waals surface area contributed by atoms with Crippen molar-refractivity contribution in [3.63, 3.8) is 0 Å². The number of rotatable bonds is 3. The van der Waals surface area contributed by atoms with Gasteiger partial charge in [-0.2, -0.15) is 9.37 Å². The van der Waals surface area contributed by atoms with Crippen LogP contribution in [-0.4, -0.2) is 9.91 Å². The van der Waals surface area contributed by atoms with Crippen molar-refractivity contribution in [2.75, 3.05) is 0 Å². The normalized spacial score (nSPS) is 10.1. The van der Waals surface area contributed by atoms with Crippen LogP contribution >= 0.6 is 11.6 Å². The molecule has 1 aromatic carbocycles. The summed E-state index contributed by atoms with van der Waals surface area (Å²) in [6, 6.07) is 7.83. The van der Waals surface area contributed by atoms with Crippen LogP contribution in [0.5, 0.6) is 11.6 Å². The SMILES string of the molecule is O=[N+]([O-])c1cc(Cl)ccc1Oc1cccc(F)n1. The summed E-state index contributed by atoms with van der Waals surface area (Å²) in [5.41, 5.74) is -0.312. The number of nitro groups is 1. The van der Waals surface area contributed by atoms with Gasteiger partial charge in [-0.3, -0.25) is 10.1 Å². The number of aromatic nitrogens is 1. The van der Waals surface area contributed by atoms with Crippen LogP contribution in [0.2, 0.25) is 5.02 Å². The van der Waals surface area contributed by atoms with E-state index < -0.39 is 10.9 Å². The fourth-order valence-electron chi connectivity index (χ4n) is 1.28. The van der Waals surface area contributed by atoms with Gasteiger partial charge in [0, 0.05) is 17.2 Å². The van der Waals surface area contributed by atoms with Gasteiger partial charge < -0.3 is 4.74 Å². The van der Waals surface area contributed by atoms with Crippen LogP contribution in [0.1, 0.15) is 0 Å². The highest BCUT2D eigenvalue weighted by atomic mass is 35.5. The average molecular weight is 269 g/mol. The van der Waals surface area contributed by atoms with E-state index >= 15 is 0 Å². The molecule has 18 heavy (non-hydrogen) atoms. The minimum atomic E-state index is -0.732. The minimum absolute atomic E-state index is 0.0532. The lowest BCUT2D eigenvalue weighted by Gasteiger charge is -2.05. The Kier molecular flexibility index (Phi) is 3.38. The van der Waals surface area contributed by atoms with Crippen LogP contribution in [0.4, 0.5) is 10.1 Å². The molecule has 7 heteroatoms. The zero-order chi connectivity index (χ0) is 13.1. The third kappa shape index (κ3) is 2.72. The molecule has 1 heterocycles. The van der Waals surface area contributed by atoms with Crippen molar-refractivity contribution in [2.24, 2.45) is 0 Å². The summed E-state index contributed by atoms with van der Waals surface area (Å²) in [5.74, 6) is -0.855. The summed E-state index contributed by atoms with van der Waals surface area (Å²) >= 11 is 5.65. The zero-order valence-electron chi connectivity index (χ0n) is 8.84. The standard InChI is InChI=1S/C11H6ClFN2O3/c12-7-4-5-9(8(6-7)15(16)17)18-11-3-1-2-10(13)14-11/h1-6H. The van der Waals surface area contributed by atoms with Gasteiger partial charge in [-0.1, -0.05) is 17.7 Å². The lowest BCUT2D eigenvalue weighted by Crippen LogP contribution is -1.95. The molecular weight excluding hydrogens is 263 g/mol. The second kappa shape index (κ2) is 4.97. The average Bonchev–Trinajstić information content (AvgIpc) is 2.31. The van der Waals surface area contributed by atoms with Crippen molar-refractivity contribution < 1.29 is 14.1 Å². The number of benzene rings is 1. The van der Waals surface area contributed by atoms with Gasteiger partial charge >= 0.3 is 5.69 Å². The molecule has 0 saturated carbocycles. The highest BCUT2D eigenvalue weighted by Crippen LogP contribution is 2.32. The Morgan fingerprint density at radius 2 is 2.11 bits per heavy atom. The molecule has 0 radical (unpaired) electrons. The summed E-state index contributed by atoms with van der Waals surface area (Å²) in [5, 5.41) is 11.0. The molecule has 0 unspecified atom stereocenters. The van der Waals surface area contributed by atoms with E-state index in [0.29, 0.717) is 0 Å². The molecule has 2 rings (SSSR count). The third-order valence-electron chi connectivity index (χ3n) is 2.02. The molecule has 0 amide bonds. The van der Waals surface area contributed by atoms with Crippen molar-refractivity contribution in [1.82, 2.24) is 4.98 Å². The van der Waals surface area contributed by atoms with E-state index in [0.717, 1.165) is 12.1 Å².